The highest BCUT2D eigenvalue weighted by molar-refractivity contribution is 6.30. The van der Waals surface area contributed by atoms with Crippen LogP contribution in [0, 0.1) is 5.82 Å². The Hall–Kier alpha value is -0.680. The summed E-state index contributed by atoms with van der Waals surface area (Å²) in [4.78, 5) is 0. The molecule has 0 aromatic heterocycles. The van der Waals surface area contributed by atoms with E-state index in [4.69, 9.17) is 22.2 Å². The van der Waals surface area contributed by atoms with Crippen LogP contribution in [0.4, 0.5) is 4.39 Å². The highest BCUT2D eigenvalue weighted by Crippen LogP contribution is 2.17. The molecule has 3 nitrogen and oxygen atoms in total. The Morgan fingerprint density at radius 2 is 2.11 bits per heavy atom. The zero-order valence-corrected chi connectivity index (χ0v) is 11.7. The molecule has 1 rings (SSSR count). The lowest BCUT2D eigenvalue weighted by atomic mass is 10.1. The van der Waals surface area contributed by atoms with Crippen molar-refractivity contribution in [1.29, 1.82) is 0 Å². The monoisotopic (exact) mass is 274 g/mol. The van der Waals surface area contributed by atoms with Gasteiger partial charge in [-0.3, -0.25) is 11.3 Å². The van der Waals surface area contributed by atoms with Crippen molar-refractivity contribution >= 4 is 11.6 Å². The number of ether oxygens (including phenoxy) is 1. The summed E-state index contributed by atoms with van der Waals surface area (Å²) in [5, 5.41) is 0.513. The van der Waals surface area contributed by atoms with Crippen molar-refractivity contribution in [2.75, 3.05) is 6.61 Å². The van der Waals surface area contributed by atoms with E-state index in [9.17, 15) is 4.39 Å². The Labute approximate surface area is 112 Å². The standard InChI is InChI=1S/C13H20ClFN2O/c1-13(2,3)18-8-11(17-16)7-9-6-10(14)4-5-12(9)15/h4-6,11,17H,7-8,16H2,1-3H3. The first kappa shape index (κ1) is 15.4. The third-order valence-corrected chi connectivity index (χ3v) is 2.66. The number of nitrogens with one attached hydrogen (secondary N) is 1. The smallest absolute Gasteiger partial charge is 0.126 e. The number of rotatable bonds is 5. The Morgan fingerprint density at radius 3 is 2.67 bits per heavy atom. The first-order valence-electron chi connectivity index (χ1n) is 5.86. The lowest BCUT2D eigenvalue weighted by Crippen LogP contribution is -2.42. The molecule has 0 aliphatic heterocycles. The number of nitrogens with two attached hydrogens (primary N) is 1. The van der Waals surface area contributed by atoms with Crippen molar-refractivity contribution in [3.63, 3.8) is 0 Å². The molecule has 1 aromatic rings. The molecule has 0 radical (unpaired) electrons. The minimum Gasteiger partial charge on any atom is -0.374 e. The number of hydrogen-bond donors (Lipinski definition) is 2. The number of benzene rings is 1. The maximum absolute atomic E-state index is 13.6. The second kappa shape index (κ2) is 6.48. The van der Waals surface area contributed by atoms with E-state index in [0.717, 1.165) is 0 Å². The van der Waals surface area contributed by atoms with Crippen molar-refractivity contribution in [1.82, 2.24) is 5.43 Å². The molecule has 1 unspecified atom stereocenters. The first-order valence-corrected chi connectivity index (χ1v) is 6.23. The zero-order valence-electron chi connectivity index (χ0n) is 11.0. The molecule has 1 aromatic carbocycles. The van der Waals surface area contributed by atoms with Crippen LogP contribution in [0.15, 0.2) is 18.2 Å². The molecule has 0 fully saturated rings. The third kappa shape index (κ3) is 5.31. The van der Waals surface area contributed by atoms with Gasteiger partial charge in [0.05, 0.1) is 12.2 Å². The van der Waals surface area contributed by atoms with E-state index in [0.29, 0.717) is 23.6 Å². The first-order chi connectivity index (χ1) is 8.31. The predicted molar refractivity (Wildman–Crippen MR) is 71.9 cm³/mol. The van der Waals surface area contributed by atoms with Crippen molar-refractivity contribution in [3.8, 4) is 0 Å². The maximum Gasteiger partial charge on any atom is 0.126 e. The number of hydrogen-bond acceptors (Lipinski definition) is 3. The van der Waals surface area contributed by atoms with Gasteiger partial charge in [-0.15, -0.1) is 0 Å². The van der Waals surface area contributed by atoms with Crippen LogP contribution in [0.1, 0.15) is 26.3 Å². The van der Waals surface area contributed by atoms with E-state index in [1.165, 1.54) is 12.1 Å². The van der Waals surface area contributed by atoms with E-state index in [1.54, 1.807) is 6.07 Å². The van der Waals surface area contributed by atoms with E-state index >= 15 is 0 Å². The predicted octanol–water partition coefficient (Wildman–Crippen LogP) is 2.67. The normalized spacial score (nSPS) is 13.7. The molecule has 5 heteroatoms. The molecular formula is C13H20ClFN2O. The minimum absolute atomic E-state index is 0.155. The second-order valence-electron chi connectivity index (χ2n) is 5.23. The molecule has 102 valence electrons. The summed E-state index contributed by atoms with van der Waals surface area (Å²) in [6.07, 6.45) is 0.430. The minimum atomic E-state index is -0.282. The summed E-state index contributed by atoms with van der Waals surface area (Å²) < 4.78 is 19.2. The zero-order chi connectivity index (χ0) is 13.8. The van der Waals surface area contributed by atoms with Crippen LogP contribution in [0.25, 0.3) is 0 Å². The van der Waals surface area contributed by atoms with E-state index in [1.807, 2.05) is 20.8 Å². The Morgan fingerprint density at radius 1 is 1.44 bits per heavy atom. The summed E-state index contributed by atoms with van der Waals surface area (Å²) in [6.45, 7) is 6.29. The van der Waals surface area contributed by atoms with Gasteiger partial charge >= 0.3 is 0 Å². The summed E-state index contributed by atoms with van der Waals surface area (Å²) in [6, 6.07) is 4.34. The average Bonchev–Trinajstić information content (AvgIpc) is 2.27. The molecule has 18 heavy (non-hydrogen) atoms. The molecule has 0 aliphatic carbocycles. The second-order valence-corrected chi connectivity index (χ2v) is 5.66. The highest BCUT2D eigenvalue weighted by Gasteiger charge is 2.16. The van der Waals surface area contributed by atoms with Gasteiger partial charge < -0.3 is 4.74 Å². The van der Waals surface area contributed by atoms with E-state index in [2.05, 4.69) is 5.43 Å². The lowest BCUT2D eigenvalue weighted by Gasteiger charge is -2.24. The van der Waals surface area contributed by atoms with Crippen LogP contribution in [0.3, 0.4) is 0 Å². The summed E-state index contributed by atoms with van der Waals surface area (Å²) >= 11 is 5.84. The molecule has 0 heterocycles. The lowest BCUT2D eigenvalue weighted by molar-refractivity contribution is -0.0144. The molecule has 0 saturated carbocycles. The van der Waals surface area contributed by atoms with Gasteiger partial charge in [-0.1, -0.05) is 11.6 Å². The molecule has 3 N–H and O–H groups in total. The summed E-state index contributed by atoms with van der Waals surface area (Å²) in [5.41, 5.74) is 2.92. The Kier molecular flexibility index (Phi) is 5.53. The molecule has 1 atom stereocenters. The van der Waals surface area contributed by atoms with Crippen LogP contribution in [0.5, 0.6) is 0 Å². The van der Waals surface area contributed by atoms with Crippen molar-refractivity contribution in [2.45, 2.75) is 38.8 Å². The van der Waals surface area contributed by atoms with Gasteiger partial charge in [0.15, 0.2) is 0 Å². The van der Waals surface area contributed by atoms with Gasteiger partial charge in [0, 0.05) is 11.1 Å². The SMILES string of the molecule is CC(C)(C)OCC(Cc1cc(Cl)ccc1F)NN. The maximum atomic E-state index is 13.6. The van der Waals surface area contributed by atoms with Gasteiger partial charge in [-0.25, -0.2) is 4.39 Å². The van der Waals surface area contributed by atoms with Crippen LogP contribution in [-0.2, 0) is 11.2 Å². The largest absolute Gasteiger partial charge is 0.374 e. The molecular weight excluding hydrogens is 255 g/mol. The topological polar surface area (TPSA) is 47.3 Å². The van der Waals surface area contributed by atoms with E-state index in [-0.39, 0.29) is 17.5 Å². The Bertz CT molecular complexity index is 393. The van der Waals surface area contributed by atoms with E-state index < -0.39 is 0 Å². The van der Waals surface area contributed by atoms with Gasteiger partial charge in [0.1, 0.15) is 5.82 Å². The van der Waals surface area contributed by atoms with Gasteiger partial charge in [0.25, 0.3) is 0 Å². The van der Waals surface area contributed by atoms with Crippen molar-refractivity contribution in [2.24, 2.45) is 5.84 Å². The fraction of sp³-hybridized carbons (Fsp3) is 0.538. The molecule has 0 amide bonds. The van der Waals surface area contributed by atoms with Crippen LogP contribution in [-0.4, -0.2) is 18.2 Å². The molecule has 0 aliphatic rings. The fourth-order valence-electron chi connectivity index (χ4n) is 1.48. The fourth-order valence-corrected chi connectivity index (χ4v) is 1.68. The number of hydrazine groups is 1. The van der Waals surface area contributed by atoms with Crippen LogP contribution in [0.2, 0.25) is 5.02 Å². The summed E-state index contributed by atoms with van der Waals surface area (Å²) in [7, 11) is 0. The molecule has 0 spiro atoms. The van der Waals surface area contributed by atoms with Gasteiger partial charge in [-0.05, 0) is 51.0 Å². The van der Waals surface area contributed by atoms with Crippen LogP contribution < -0.4 is 11.3 Å². The summed E-state index contributed by atoms with van der Waals surface area (Å²) in [5.74, 6) is 5.17. The van der Waals surface area contributed by atoms with Gasteiger partial charge in [0.2, 0.25) is 0 Å². The third-order valence-electron chi connectivity index (χ3n) is 2.43. The highest BCUT2D eigenvalue weighted by atomic mass is 35.5. The number of halogens is 2. The van der Waals surface area contributed by atoms with Crippen molar-refractivity contribution in [3.05, 3.63) is 34.6 Å². The van der Waals surface area contributed by atoms with Crippen LogP contribution >= 0.6 is 11.6 Å². The van der Waals surface area contributed by atoms with Crippen molar-refractivity contribution < 1.29 is 9.13 Å². The van der Waals surface area contributed by atoms with Gasteiger partial charge in [-0.2, -0.15) is 0 Å². The Balaban J connectivity index is 2.65. The molecule has 0 saturated heterocycles. The molecule has 0 bridgehead atoms. The average molecular weight is 275 g/mol. The quantitative estimate of drug-likeness (QED) is 0.641.